The zero-order chi connectivity index (χ0) is 19.0. The van der Waals surface area contributed by atoms with Crippen molar-refractivity contribution < 1.29 is 28.6 Å². The monoisotopic (exact) mass is 418 g/mol. The highest BCUT2D eigenvalue weighted by Crippen LogP contribution is 2.45. The molecule has 0 fully saturated rings. The quantitative estimate of drug-likeness (QED) is 0.0913. The highest BCUT2D eigenvalue weighted by atomic mass is 32.2. The van der Waals surface area contributed by atoms with Gasteiger partial charge in [-0.2, -0.15) is 0 Å². The molecule has 0 radical (unpaired) electrons. The molecule has 0 aliphatic rings. The summed E-state index contributed by atoms with van der Waals surface area (Å²) < 4.78 is 20.7. The first-order valence-corrected chi connectivity index (χ1v) is 12.8. The molecule has 1 N–H and O–H groups in total. The van der Waals surface area contributed by atoms with Gasteiger partial charge in [0.05, 0.1) is 0 Å². The predicted molar refractivity (Wildman–Crippen MR) is 106 cm³/mol. The van der Waals surface area contributed by atoms with Gasteiger partial charge in [0, 0.05) is 0 Å². The van der Waals surface area contributed by atoms with Crippen molar-refractivity contribution in [2.75, 3.05) is 11.5 Å². The second-order valence-electron chi connectivity index (χ2n) is 5.81. The number of unbranched alkanes of at least 4 members (excludes halogenated alkanes) is 6. The second-order valence-corrected chi connectivity index (χ2v) is 9.85. The van der Waals surface area contributed by atoms with Gasteiger partial charge in [-0.05, 0) is 38.2 Å². The van der Waals surface area contributed by atoms with Crippen LogP contribution in [0.4, 0.5) is 0 Å². The van der Waals surface area contributed by atoms with Gasteiger partial charge < -0.3 is 0 Å². The summed E-state index contributed by atoms with van der Waals surface area (Å²) in [4.78, 5) is 19.4. The fourth-order valence-electron chi connectivity index (χ4n) is 1.85. The summed E-state index contributed by atoms with van der Waals surface area (Å²) in [5, 5.41) is 0. The third kappa shape index (κ3) is 17.9. The maximum absolute atomic E-state index is 11.7. The van der Waals surface area contributed by atoms with Gasteiger partial charge in [0.15, 0.2) is 0 Å². The Labute approximate surface area is 161 Å². The van der Waals surface area contributed by atoms with Crippen LogP contribution in [-0.4, -0.2) is 27.3 Å². The molecule has 25 heavy (non-hydrogen) atoms. The van der Waals surface area contributed by atoms with Gasteiger partial charge in [0.25, 0.3) is 0 Å². The summed E-state index contributed by atoms with van der Waals surface area (Å²) in [6.07, 6.45) is 9.38. The average molecular weight is 419 g/mol. The standard InChI is InChI=1S/C16H35O6PS2/c1-5-7-9-11-13-24-15(3)19-21-23(17,18)22-20-16(4)25-14-12-10-8-6-2/h15-16H,5-14H2,1-4H3,(H,17,18). The third-order valence-corrected chi connectivity index (χ3v) is 5.94. The molecule has 0 saturated heterocycles. The molecule has 2 unspecified atom stereocenters. The lowest BCUT2D eigenvalue weighted by atomic mass is 10.2. The van der Waals surface area contributed by atoms with Crippen LogP contribution >= 0.6 is 31.3 Å². The summed E-state index contributed by atoms with van der Waals surface area (Å²) in [5.74, 6) is 1.84. The van der Waals surface area contributed by atoms with Crippen molar-refractivity contribution in [1.82, 2.24) is 0 Å². The van der Waals surface area contributed by atoms with Crippen molar-refractivity contribution in [3.05, 3.63) is 0 Å². The van der Waals surface area contributed by atoms with Crippen molar-refractivity contribution in [2.45, 2.75) is 89.9 Å². The Balaban J connectivity index is 3.72. The van der Waals surface area contributed by atoms with E-state index in [-0.39, 0.29) is 10.9 Å². The maximum atomic E-state index is 11.7. The van der Waals surface area contributed by atoms with E-state index in [0.717, 1.165) is 24.3 Å². The number of hydrogen-bond acceptors (Lipinski definition) is 7. The molecule has 0 aromatic carbocycles. The van der Waals surface area contributed by atoms with Crippen LogP contribution in [-0.2, 0) is 23.7 Å². The summed E-state index contributed by atoms with van der Waals surface area (Å²) >= 11 is 3.06. The van der Waals surface area contributed by atoms with E-state index in [1.165, 1.54) is 62.0 Å². The predicted octanol–water partition coefficient (Wildman–Crippen LogP) is 6.30. The Hall–Kier alpha value is 0.730. The lowest BCUT2D eigenvalue weighted by Crippen LogP contribution is -2.08. The Morgan fingerprint density at radius 3 is 1.56 bits per heavy atom. The summed E-state index contributed by atoms with van der Waals surface area (Å²) in [6.45, 7) is 7.86. The van der Waals surface area contributed by atoms with Crippen molar-refractivity contribution in [1.29, 1.82) is 0 Å². The molecule has 0 amide bonds. The van der Waals surface area contributed by atoms with Crippen LogP contribution in [0.2, 0.25) is 0 Å². The third-order valence-electron chi connectivity index (χ3n) is 3.25. The minimum Gasteiger partial charge on any atom is -0.299 e. The lowest BCUT2D eigenvalue weighted by molar-refractivity contribution is -0.285. The van der Waals surface area contributed by atoms with E-state index >= 15 is 0 Å². The topological polar surface area (TPSA) is 74.2 Å². The average Bonchev–Trinajstić information content (AvgIpc) is 2.58. The number of phosphoric acid groups is 1. The van der Waals surface area contributed by atoms with E-state index in [1.807, 2.05) is 0 Å². The Bertz CT molecular complexity index is 321. The molecule has 0 saturated carbocycles. The van der Waals surface area contributed by atoms with Crippen molar-refractivity contribution in [3.63, 3.8) is 0 Å². The number of thioether (sulfide) groups is 2. The number of hydrogen-bond donors (Lipinski definition) is 1. The highest BCUT2D eigenvalue weighted by molar-refractivity contribution is 7.99. The van der Waals surface area contributed by atoms with Crippen molar-refractivity contribution in [3.8, 4) is 0 Å². The van der Waals surface area contributed by atoms with Crippen LogP contribution in [0.3, 0.4) is 0 Å². The van der Waals surface area contributed by atoms with E-state index in [2.05, 4.69) is 23.2 Å². The van der Waals surface area contributed by atoms with Gasteiger partial charge in [0.2, 0.25) is 0 Å². The fraction of sp³-hybridized carbons (Fsp3) is 1.00. The van der Waals surface area contributed by atoms with Gasteiger partial charge in [-0.1, -0.05) is 52.4 Å². The highest BCUT2D eigenvalue weighted by Gasteiger charge is 2.27. The molecule has 0 aromatic rings. The maximum Gasteiger partial charge on any atom is 0.526 e. The molecule has 2 atom stereocenters. The zero-order valence-corrected chi connectivity index (χ0v) is 18.5. The van der Waals surface area contributed by atoms with Crippen LogP contribution in [0.25, 0.3) is 0 Å². The summed E-state index contributed by atoms with van der Waals surface area (Å²) in [6, 6.07) is 0. The van der Waals surface area contributed by atoms with Crippen LogP contribution in [0, 0.1) is 0 Å². The Morgan fingerprint density at radius 1 is 0.800 bits per heavy atom. The largest absolute Gasteiger partial charge is 0.526 e. The van der Waals surface area contributed by atoms with E-state index in [9.17, 15) is 9.46 Å². The van der Waals surface area contributed by atoms with E-state index in [1.54, 1.807) is 13.8 Å². The minimum absolute atomic E-state index is 0.351. The molecule has 0 aromatic heterocycles. The van der Waals surface area contributed by atoms with Crippen LogP contribution in [0.5, 0.6) is 0 Å². The lowest BCUT2D eigenvalue weighted by Gasteiger charge is -2.16. The normalized spacial score (nSPS) is 16.5. The van der Waals surface area contributed by atoms with Gasteiger partial charge >= 0.3 is 7.82 Å². The molecule has 0 rings (SSSR count). The molecule has 0 aliphatic carbocycles. The van der Waals surface area contributed by atoms with Crippen LogP contribution < -0.4 is 0 Å². The van der Waals surface area contributed by atoms with Crippen molar-refractivity contribution in [2.24, 2.45) is 0 Å². The molecule has 6 nitrogen and oxygen atoms in total. The van der Waals surface area contributed by atoms with E-state index in [4.69, 9.17) is 9.78 Å². The molecule has 9 heteroatoms. The SMILES string of the molecule is CCCCCCSC(C)OOP(=O)(O)OOC(C)SCCCCCC. The second kappa shape index (κ2) is 16.9. The molecule has 0 spiro atoms. The van der Waals surface area contributed by atoms with Crippen molar-refractivity contribution >= 4 is 31.3 Å². The Morgan fingerprint density at radius 2 is 1.20 bits per heavy atom. The summed E-state index contributed by atoms with van der Waals surface area (Å²) in [5.41, 5.74) is -0.702. The van der Waals surface area contributed by atoms with Gasteiger partial charge in [-0.25, -0.2) is 14.3 Å². The summed E-state index contributed by atoms with van der Waals surface area (Å²) in [7, 11) is -4.37. The fourth-order valence-corrected chi connectivity index (χ4v) is 4.07. The number of rotatable bonds is 18. The molecular weight excluding hydrogens is 383 g/mol. The van der Waals surface area contributed by atoms with Gasteiger partial charge in [0.1, 0.15) is 10.9 Å². The first kappa shape index (κ1) is 25.7. The first-order valence-electron chi connectivity index (χ1n) is 9.17. The van der Waals surface area contributed by atoms with E-state index < -0.39 is 7.82 Å². The van der Waals surface area contributed by atoms with Crippen LogP contribution in [0.1, 0.15) is 79.1 Å². The van der Waals surface area contributed by atoms with Crippen LogP contribution in [0.15, 0.2) is 0 Å². The Kier molecular flexibility index (Phi) is 17.4. The molecule has 0 aliphatic heterocycles. The molecule has 0 bridgehead atoms. The molecule has 0 heterocycles. The smallest absolute Gasteiger partial charge is 0.299 e. The van der Waals surface area contributed by atoms with Gasteiger partial charge in [-0.15, -0.1) is 32.9 Å². The molecule has 152 valence electrons. The first-order chi connectivity index (χ1) is 11.9. The van der Waals surface area contributed by atoms with E-state index in [0.29, 0.717) is 0 Å². The molecular formula is C16H35O6PS2. The minimum atomic E-state index is -4.37. The van der Waals surface area contributed by atoms with Gasteiger partial charge in [-0.3, -0.25) is 4.89 Å². The zero-order valence-electron chi connectivity index (χ0n) is 16.0.